The summed E-state index contributed by atoms with van der Waals surface area (Å²) >= 11 is 0. The van der Waals surface area contributed by atoms with Gasteiger partial charge in [0.25, 0.3) is 0 Å². The van der Waals surface area contributed by atoms with Crippen molar-refractivity contribution in [1.29, 1.82) is 0 Å². The first kappa shape index (κ1) is 17.0. The van der Waals surface area contributed by atoms with Crippen molar-refractivity contribution in [2.24, 2.45) is 0 Å². The van der Waals surface area contributed by atoms with Crippen molar-refractivity contribution >= 4 is 28.7 Å². The third kappa shape index (κ3) is 3.87. The molecule has 138 valence electrons. The van der Waals surface area contributed by atoms with Crippen LogP contribution in [0.5, 0.6) is 11.5 Å². The first-order valence-electron chi connectivity index (χ1n) is 8.63. The van der Waals surface area contributed by atoms with Gasteiger partial charge < -0.3 is 25.0 Å². The van der Waals surface area contributed by atoms with Gasteiger partial charge in [0.1, 0.15) is 17.5 Å². The summed E-state index contributed by atoms with van der Waals surface area (Å²) < 4.78 is 10.8. The molecule has 0 saturated carbocycles. The van der Waals surface area contributed by atoms with Crippen LogP contribution in [0.3, 0.4) is 0 Å². The topological polar surface area (TPSA) is 71.5 Å². The van der Waals surface area contributed by atoms with Crippen LogP contribution in [0.1, 0.15) is 5.82 Å². The van der Waals surface area contributed by atoms with E-state index in [4.69, 9.17) is 9.47 Å². The Morgan fingerprint density at radius 3 is 2.15 bits per heavy atom. The van der Waals surface area contributed by atoms with Gasteiger partial charge in [0.05, 0.1) is 0 Å². The zero-order chi connectivity index (χ0) is 18.8. The Bertz CT molecular complexity index is 957. The zero-order valence-corrected chi connectivity index (χ0v) is 15.5. The number of rotatable bonds is 5. The lowest BCUT2D eigenvalue weighted by Gasteiger charge is -2.14. The third-order valence-electron chi connectivity index (χ3n) is 4.14. The summed E-state index contributed by atoms with van der Waals surface area (Å²) in [4.78, 5) is 11.0. The highest BCUT2D eigenvalue weighted by Gasteiger charge is 2.13. The van der Waals surface area contributed by atoms with Crippen molar-refractivity contribution in [2.45, 2.75) is 6.92 Å². The summed E-state index contributed by atoms with van der Waals surface area (Å²) in [7, 11) is 4.04. The highest BCUT2D eigenvalue weighted by molar-refractivity contribution is 5.66. The minimum absolute atomic E-state index is 0.256. The van der Waals surface area contributed by atoms with Crippen LogP contribution in [0, 0.1) is 6.92 Å². The molecule has 2 heterocycles. The Balaban J connectivity index is 1.52. The molecule has 2 N–H and O–H groups in total. The smallest absolute Gasteiger partial charge is 0.231 e. The van der Waals surface area contributed by atoms with E-state index in [0.717, 1.165) is 34.4 Å². The van der Waals surface area contributed by atoms with Crippen molar-refractivity contribution in [2.75, 3.05) is 36.4 Å². The number of aromatic nitrogens is 2. The van der Waals surface area contributed by atoms with E-state index in [-0.39, 0.29) is 6.79 Å². The van der Waals surface area contributed by atoms with Crippen LogP contribution in [-0.2, 0) is 0 Å². The van der Waals surface area contributed by atoms with E-state index in [1.807, 2.05) is 57.4 Å². The number of hydrogen-bond acceptors (Lipinski definition) is 7. The first-order chi connectivity index (χ1) is 13.1. The van der Waals surface area contributed by atoms with E-state index < -0.39 is 0 Å². The summed E-state index contributed by atoms with van der Waals surface area (Å²) in [5, 5.41) is 6.62. The lowest BCUT2D eigenvalue weighted by atomic mass is 10.2. The van der Waals surface area contributed by atoms with Crippen LogP contribution < -0.4 is 25.0 Å². The standard InChI is InChI=1S/C20H21N5O2/c1-13-21-19(23-14-4-7-16(8-5-14)25(2)3)11-20(22-13)24-15-6-9-17-18(10-15)27-12-26-17/h4-11H,12H2,1-3H3,(H2,21,22,23,24). The minimum atomic E-state index is 0.256. The van der Waals surface area contributed by atoms with E-state index in [2.05, 4.69) is 37.6 Å². The van der Waals surface area contributed by atoms with Crippen molar-refractivity contribution in [3.63, 3.8) is 0 Å². The molecule has 1 aliphatic heterocycles. The molecular weight excluding hydrogens is 342 g/mol. The molecule has 0 aliphatic carbocycles. The van der Waals surface area contributed by atoms with Crippen molar-refractivity contribution in [3.05, 3.63) is 54.4 Å². The molecule has 1 aliphatic rings. The van der Waals surface area contributed by atoms with Crippen LogP contribution in [0.15, 0.2) is 48.5 Å². The van der Waals surface area contributed by atoms with Crippen molar-refractivity contribution in [3.8, 4) is 11.5 Å². The van der Waals surface area contributed by atoms with Crippen LogP contribution >= 0.6 is 0 Å². The van der Waals surface area contributed by atoms with E-state index in [9.17, 15) is 0 Å². The Hall–Kier alpha value is -3.48. The molecule has 0 radical (unpaired) electrons. The number of aryl methyl sites for hydroxylation is 1. The molecule has 0 spiro atoms. The molecule has 1 aromatic heterocycles. The van der Waals surface area contributed by atoms with Gasteiger partial charge in [-0.2, -0.15) is 0 Å². The van der Waals surface area contributed by atoms with E-state index in [0.29, 0.717) is 11.6 Å². The van der Waals surface area contributed by atoms with Crippen LogP contribution in [0.2, 0.25) is 0 Å². The average Bonchev–Trinajstić information content (AvgIpc) is 3.09. The number of ether oxygens (including phenoxy) is 2. The zero-order valence-electron chi connectivity index (χ0n) is 15.5. The third-order valence-corrected chi connectivity index (χ3v) is 4.14. The second-order valence-corrected chi connectivity index (χ2v) is 6.44. The molecule has 2 aromatic carbocycles. The molecule has 0 unspecified atom stereocenters. The Morgan fingerprint density at radius 2 is 1.44 bits per heavy atom. The van der Waals surface area contributed by atoms with Crippen LogP contribution in [0.4, 0.5) is 28.7 Å². The van der Waals surface area contributed by atoms with Gasteiger partial charge in [0.2, 0.25) is 6.79 Å². The molecule has 7 heteroatoms. The molecule has 0 fully saturated rings. The number of fused-ring (bicyclic) bond motifs is 1. The van der Waals surface area contributed by atoms with Gasteiger partial charge in [0, 0.05) is 43.3 Å². The van der Waals surface area contributed by atoms with Gasteiger partial charge in [-0.25, -0.2) is 9.97 Å². The van der Waals surface area contributed by atoms with Crippen molar-refractivity contribution < 1.29 is 9.47 Å². The molecule has 0 atom stereocenters. The Labute approximate surface area is 158 Å². The summed E-state index contributed by atoms with van der Waals surface area (Å²) in [5.41, 5.74) is 2.98. The highest BCUT2D eigenvalue weighted by atomic mass is 16.7. The lowest BCUT2D eigenvalue weighted by Crippen LogP contribution is -2.08. The highest BCUT2D eigenvalue weighted by Crippen LogP contribution is 2.35. The van der Waals surface area contributed by atoms with Gasteiger partial charge in [-0.1, -0.05) is 0 Å². The SMILES string of the molecule is Cc1nc(Nc2ccc(N(C)C)cc2)cc(Nc2ccc3c(c2)OCO3)n1. The molecular formula is C20H21N5O2. The maximum atomic E-state index is 5.42. The first-order valence-corrected chi connectivity index (χ1v) is 8.63. The van der Waals surface area contributed by atoms with Crippen LogP contribution in [-0.4, -0.2) is 30.9 Å². The summed E-state index contributed by atoms with van der Waals surface area (Å²) in [6.45, 7) is 2.12. The summed E-state index contributed by atoms with van der Waals surface area (Å²) in [6.07, 6.45) is 0. The monoisotopic (exact) mass is 363 g/mol. The largest absolute Gasteiger partial charge is 0.454 e. The van der Waals surface area contributed by atoms with Gasteiger partial charge in [-0.15, -0.1) is 0 Å². The van der Waals surface area contributed by atoms with Gasteiger partial charge in [0.15, 0.2) is 11.5 Å². The number of nitrogens with zero attached hydrogens (tertiary/aromatic N) is 3. The minimum Gasteiger partial charge on any atom is -0.454 e. The fourth-order valence-corrected chi connectivity index (χ4v) is 2.81. The number of nitrogens with one attached hydrogen (secondary N) is 2. The molecule has 0 amide bonds. The second-order valence-electron chi connectivity index (χ2n) is 6.44. The second kappa shape index (κ2) is 7.03. The average molecular weight is 363 g/mol. The van der Waals surface area contributed by atoms with Crippen LogP contribution in [0.25, 0.3) is 0 Å². The van der Waals surface area contributed by atoms with Gasteiger partial charge in [-0.05, 0) is 43.3 Å². The van der Waals surface area contributed by atoms with E-state index in [1.54, 1.807) is 0 Å². The number of hydrogen-bond donors (Lipinski definition) is 2. The number of benzene rings is 2. The molecule has 0 bridgehead atoms. The predicted molar refractivity (Wildman–Crippen MR) is 107 cm³/mol. The van der Waals surface area contributed by atoms with Crippen molar-refractivity contribution in [1.82, 2.24) is 9.97 Å². The maximum Gasteiger partial charge on any atom is 0.231 e. The molecule has 27 heavy (non-hydrogen) atoms. The number of anilines is 5. The molecule has 3 aromatic rings. The summed E-state index contributed by atoms with van der Waals surface area (Å²) in [6, 6.07) is 15.7. The fraction of sp³-hybridized carbons (Fsp3) is 0.200. The van der Waals surface area contributed by atoms with E-state index in [1.165, 1.54) is 0 Å². The normalized spacial score (nSPS) is 12.0. The quantitative estimate of drug-likeness (QED) is 0.708. The van der Waals surface area contributed by atoms with Gasteiger partial charge >= 0.3 is 0 Å². The molecule has 4 rings (SSSR count). The Morgan fingerprint density at radius 1 is 0.815 bits per heavy atom. The van der Waals surface area contributed by atoms with E-state index >= 15 is 0 Å². The molecule has 7 nitrogen and oxygen atoms in total. The summed E-state index contributed by atoms with van der Waals surface area (Å²) in [5.74, 6) is 3.58. The Kier molecular flexibility index (Phi) is 4.42. The molecule has 0 saturated heterocycles. The maximum absolute atomic E-state index is 5.42. The van der Waals surface area contributed by atoms with Gasteiger partial charge in [-0.3, -0.25) is 0 Å². The fourth-order valence-electron chi connectivity index (χ4n) is 2.81. The predicted octanol–water partition coefficient (Wildman–Crippen LogP) is 4.07. The lowest BCUT2D eigenvalue weighted by molar-refractivity contribution is 0.174.